The number of aromatic hydroxyl groups is 1. The lowest BCUT2D eigenvalue weighted by atomic mass is 9.90. The standard InChI is InChI=1S/C13H18ClNO2/c1-4-13(2,3)8-15-12(17)10-7-9(14)5-6-11(10)16/h5-7,16H,4,8H2,1-3H3,(H,15,17). The second-order valence-corrected chi connectivity index (χ2v) is 5.30. The Kier molecular flexibility index (Phi) is 4.40. The highest BCUT2D eigenvalue weighted by Gasteiger charge is 2.18. The highest BCUT2D eigenvalue weighted by molar-refractivity contribution is 6.31. The lowest BCUT2D eigenvalue weighted by molar-refractivity contribution is 0.0933. The van der Waals surface area contributed by atoms with Crippen LogP contribution in [0.3, 0.4) is 0 Å². The minimum atomic E-state index is -0.300. The molecular weight excluding hydrogens is 238 g/mol. The van der Waals surface area contributed by atoms with Gasteiger partial charge in [0.05, 0.1) is 5.56 Å². The highest BCUT2D eigenvalue weighted by atomic mass is 35.5. The van der Waals surface area contributed by atoms with Crippen molar-refractivity contribution in [1.29, 1.82) is 0 Å². The molecule has 0 bridgehead atoms. The van der Waals surface area contributed by atoms with E-state index in [2.05, 4.69) is 26.1 Å². The number of hydrogen-bond donors (Lipinski definition) is 2. The second-order valence-electron chi connectivity index (χ2n) is 4.86. The van der Waals surface area contributed by atoms with E-state index in [9.17, 15) is 9.90 Å². The molecular formula is C13H18ClNO2. The Morgan fingerprint density at radius 1 is 1.47 bits per heavy atom. The van der Waals surface area contributed by atoms with E-state index >= 15 is 0 Å². The van der Waals surface area contributed by atoms with Gasteiger partial charge in [0.25, 0.3) is 5.91 Å². The summed E-state index contributed by atoms with van der Waals surface area (Å²) in [6, 6.07) is 4.43. The van der Waals surface area contributed by atoms with Crippen LogP contribution in [-0.4, -0.2) is 17.6 Å². The molecule has 0 heterocycles. The maximum Gasteiger partial charge on any atom is 0.255 e. The molecule has 0 spiro atoms. The zero-order valence-electron chi connectivity index (χ0n) is 10.4. The predicted octanol–water partition coefficient (Wildman–Crippen LogP) is 3.21. The van der Waals surface area contributed by atoms with Crippen LogP contribution in [0.4, 0.5) is 0 Å². The zero-order valence-corrected chi connectivity index (χ0v) is 11.1. The van der Waals surface area contributed by atoms with Crippen molar-refractivity contribution in [2.24, 2.45) is 5.41 Å². The van der Waals surface area contributed by atoms with E-state index in [0.717, 1.165) is 6.42 Å². The summed E-state index contributed by atoms with van der Waals surface area (Å²) in [6.07, 6.45) is 0.967. The van der Waals surface area contributed by atoms with E-state index in [-0.39, 0.29) is 22.6 Å². The Labute approximate surface area is 107 Å². The van der Waals surface area contributed by atoms with Crippen LogP contribution in [0.2, 0.25) is 5.02 Å². The molecule has 1 rings (SSSR count). The Morgan fingerprint density at radius 3 is 2.71 bits per heavy atom. The molecule has 0 fully saturated rings. The lowest BCUT2D eigenvalue weighted by Gasteiger charge is -2.22. The van der Waals surface area contributed by atoms with E-state index < -0.39 is 0 Å². The molecule has 94 valence electrons. The molecule has 0 aliphatic rings. The van der Waals surface area contributed by atoms with Crippen molar-refractivity contribution in [2.75, 3.05) is 6.54 Å². The van der Waals surface area contributed by atoms with Crippen molar-refractivity contribution in [1.82, 2.24) is 5.32 Å². The summed E-state index contributed by atoms with van der Waals surface area (Å²) in [5.74, 6) is -0.354. The highest BCUT2D eigenvalue weighted by Crippen LogP contribution is 2.22. The third-order valence-corrected chi connectivity index (χ3v) is 3.12. The number of halogens is 1. The van der Waals surface area contributed by atoms with Gasteiger partial charge in [0.1, 0.15) is 5.75 Å². The first-order chi connectivity index (χ1) is 7.85. The van der Waals surface area contributed by atoms with Gasteiger partial charge in [0.15, 0.2) is 0 Å². The first-order valence-corrected chi connectivity index (χ1v) is 6.00. The summed E-state index contributed by atoms with van der Waals surface area (Å²) in [5, 5.41) is 12.8. The molecule has 1 amide bonds. The van der Waals surface area contributed by atoms with E-state index in [0.29, 0.717) is 11.6 Å². The third-order valence-electron chi connectivity index (χ3n) is 2.89. The van der Waals surface area contributed by atoms with E-state index in [1.807, 2.05) is 0 Å². The number of nitrogens with one attached hydrogen (secondary N) is 1. The number of carbonyl (C=O) groups excluding carboxylic acids is 1. The largest absolute Gasteiger partial charge is 0.507 e. The molecule has 0 atom stereocenters. The van der Waals surface area contributed by atoms with Crippen molar-refractivity contribution in [3.8, 4) is 5.75 Å². The van der Waals surface area contributed by atoms with Gasteiger partial charge in [0.2, 0.25) is 0 Å². The van der Waals surface area contributed by atoms with E-state index in [1.54, 1.807) is 6.07 Å². The van der Waals surface area contributed by atoms with Gasteiger partial charge in [-0.3, -0.25) is 4.79 Å². The zero-order chi connectivity index (χ0) is 13.1. The van der Waals surface area contributed by atoms with Crippen LogP contribution in [0.15, 0.2) is 18.2 Å². The quantitative estimate of drug-likeness (QED) is 0.868. The number of benzene rings is 1. The van der Waals surface area contributed by atoms with Gasteiger partial charge < -0.3 is 10.4 Å². The summed E-state index contributed by atoms with van der Waals surface area (Å²) < 4.78 is 0. The fourth-order valence-electron chi connectivity index (χ4n) is 1.23. The number of phenols is 1. The molecule has 0 saturated carbocycles. The molecule has 17 heavy (non-hydrogen) atoms. The molecule has 0 aromatic heterocycles. The summed E-state index contributed by atoms with van der Waals surface area (Å²) in [4.78, 5) is 11.9. The van der Waals surface area contributed by atoms with Gasteiger partial charge in [-0.1, -0.05) is 32.4 Å². The molecule has 0 unspecified atom stereocenters. The molecule has 0 aliphatic carbocycles. The Morgan fingerprint density at radius 2 is 2.12 bits per heavy atom. The summed E-state index contributed by atoms with van der Waals surface area (Å²) in [7, 11) is 0. The van der Waals surface area contributed by atoms with Crippen LogP contribution in [0, 0.1) is 5.41 Å². The molecule has 0 saturated heterocycles. The average molecular weight is 256 g/mol. The molecule has 1 aromatic rings. The molecule has 2 N–H and O–H groups in total. The fraction of sp³-hybridized carbons (Fsp3) is 0.462. The number of phenolic OH excluding ortho intramolecular Hbond substituents is 1. The number of rotatable bonds is 4. The molecule has 0 aliphatic heterocycles. The van der Waals surface area contributed by atoms with Gasteiger partial charge in [-0.05, 0) is 30.0 Å². The van der Waals surface area contributed by atoms with Gasteiger partial charge in [-0.15, -0.1) is 0 Å². The van der Waals surface area contributed by atoms with Crippen LogP contribution in [0.1, 0.15) is 37.6 Å². The summed E-state index contributed by atoms with van der Waals surface area (Å²) >= 11 is 5.79. The Balaban J connectivity index is 2.74. The number of carbonyl (C=O) groups is 1. The van der Waals surface area contributed by atoms with Crippen LogP contribution >= 0.6 is 11.6 Å². The topological polar surface area (TPSA) is 49.3 Å². The van der Waals surface area contributed by atoms with Gasteiger partial charge in [-0.25, -0.2) is 0 Å². The second kappa shape index (κ2) is 5.41. The molecule has 4 heteroatoms. The van der Waals surface area contributed by atoms with Crippen molar-refractivity contribution >= 4 is 17.5 Å². The van der Waals surface area contributed by atoms with Crippen LogP contribution < -0.4 is 5.32 Å². The van der Waals surface area contributed by atoms with E-state index in [4.69, 9.17) is 11.6 Å². The van der Waals surface area contributed by atoms with Crippen molar-refractivity contribution in [3.63, 3.8) is 0 Å². The minimum Gasteiger partial charge on any atom is -0.507 e. The Bertz CT molecular complexity index is 416. The van der Waals surface area contributed by atoms with Crippen molar-refractivity contribution in [3.05, 3.63) is 28.8 Å². The Hall–Kier alpha value is -1.22. The van der Waals surface area contributed by atoms with Crippen LogP contribution in [0.5, 0.6) is 5.75 Å². The van der Waals surface area contributed by atoms with Crippen LogP contribution in [0.25, 0.3) is 0 Å². The van der Waals surface area contributed by atoms with Crippen LogP contribution in [-0.2, 0) is 0 Å². The average Bonchev–Trinajstić information content (AvgIpc) is 2.29. The monoisotopic (exact) mass is 255 g/mol. The molecule has 1 aromatic carbocycles. The first kappa shape index (κ1) is 13.8. The third kappa shape index (κ3) is 3.93. The normalized spacial score (nSPS) is 11.3. The number of amides is 1. The SMILES string of the molecule is CCC(C)(C)CNC(=O)c1cc(Cl)ccc1O. The summed E-state index contributed by atoms with van der Waals surface area (Å²) in [5.41, 5.74) is 0.258. The van der Waals surface area contributed by atoms with Gasteiger partial charge in [0, 0.05) is 11.6 Å². The van der Waals surface area contributed by atoms with Gasteiger partial charge in [-0.2, -0.15) is 0 Å². The fourth-order valence-corrected chi connectivity index (χ4v) is 1.40. The van der Waals surface area contributed by atoms with Gasteiger partial charge >= 0.3 is 0 Å². The maximum absolute atomic E-state index is 11.9. The molecule has 3 nitrogen and oxygen atoms in total. The van der Waals surface area contributed by atoms with Crippen molar-refractivity contribution in [2.45, 2.75) is 27.2 Å². The smallest absolute Gasteiger partial charge is 0.255 e. The summed E-state index contributed by atoms with van der Waals surface area (Å²) in [6.45, 7) is 6.79. The number of hydrogen-bond acceptors (Lipinski definition) is 2. The first-order valence-electron chi connectivity index (χ1n) is 5.62. The molecule has 0 radical (unpaired) electrons. The maximum atomic E-state index is 11.9. The van der Waals surface area contributed by atoms with Crippen molar-refractivity contribution < 1.29 is 9.90 Å². The van der Waals surface area contributed by atoms with E-state index in [1.165, 1.54) is 12.1 Å². The predicted molar refractivity (Wildman–Crippen MR) is 69.5 cm³/mol. The lowest BCUT2D eigenvalue weighted by Crippen LogP contribution is -2.33. The minimum absolute atomic E-state index is 0.0455.